The molecule has 0 heteroatoms. The number of hydrogen-bond acceptors (Lipinski definition) is 0. The van der Waals surface area contributed by atoms with Crippen LogP contribution in [0, 0.1) is 17.8 Å². The van der Waals surface area contributed by atoms with Crippen LogP contribution in [0.15, 0.2) is 23.8 Å². The Hall–Kier alpha value is -0.520. The molecule has 2 fully saturated rings. The van der Waals surface area contributed by atoms with E-state index in [1.165, 1.54) is 37.7 Å². The first-order valence-corrected chi connectivity index (χ1v) is 6.00. The summed E-state index contributed by atoms with van der Waals surface area (Å²) in [4.78, 5) is 0. The van der Waals surface area contributed by atoms with Crippen molar-refractivity contribution in [1.82, 2.24) is 0 Å². The lowest BCUT2D eigenvalue weighted by Crippen LogP contribution is -2.12. The van der Waals surface area contributed by atoms with E-state index in [-0.39, 0.29) is 0 Å². The molecule has 0 aliphatic heterocycles. The van der Waals surface area contributed by atoms with Crippen LogP contribution >= 0.6 is 0 Å². The molecule has 2 saturated carbocycles. The zero-order valence-electron chi connectivity index (χ0n) is 9.55. The SMILES string of the molecule is C=C1[C@H]2CC[C@H](C2)[C@H]1CCC=C(C)C. The Morgan fingerprint density at radius 1 is 1.43 bits per heavy atom. The first kappa shape index (κ1) is 10.0. The zero-order valence-corrected chi connectivity index (χ0v) is 9.55. The van der Waals surface area contributed by atoms with Crippen molar-refractivity contribution in [2.24, 2.45) is 17.8 Å². The van der Waals surface area contributed by atoms with E-state index in [0.29, 0.717) is 0 Å². The van der Waals surface area contributed by atoms with E-state index >= 15 is 0 Å². The average Bonchev–Trinajstić information content (AvgIpc) is 2.68. The molecule has 2 aliphatic rings. The minimum Gasteiger partial charge on any atom is -0.0993 e. The van der Waals surface area contributed by atoms with Crippen LogP contribution in [0.3, 0.4) is 0 Å². The van der Waals surface area contributed by atoms with Gasteiger partial charge < -0.3 is 0 Å². The summed E-state index contributed by atoms with van der Waals surface area (Å²) in [6.45, 7) is 8.68. The Balaban J connectivity index is 1.87. The topological polar surface area (TPSA) is 0 Å². The second-order valence-corrected chi connectivity index (χ2v) is 5.31. The molecule has 2 bridgehead atoms. The molecule has 0 aromatic heterocycles. The number of rotatable bonds is 3. The van der Waals surface area contributed by atoms with Gasteiger partial charge in [0.1, 0.15) is 0 Å². The van der Waals surface area contributed by atoms with E-state index in [1.54, 1.807) is 5.57 Å². The van der Waals surface area contributed by atoms with E-state index in [1.807, 2.05) is 0 Å². The number of allylic oxidation sites excluding steroid dienone is 3. The molecule has 0 heterocycles. The van der Waals surface area contributed by atoms with Crippen LogP contribution in [-0.4, -0.2) is 0 Å². The maximum Gasteiger partial charge on any atom is -0.0172 e. The summed E-state index contributed by atoms with van der Waals surface area (Å²) in [5.74, 6) is 2.76. The molecule has 0 aromatic rings. The van der Waals surface area contributed by atoms with Crippen LogP contribution < -0.4 is 0 Å². The lowest BCUT2D eigenvalue weighted by molar-refractivity contribution is 0.386. The zero-order chi connectivity index (χ0) is 10.1. The van der Waals surface area contributed by atoms with Crippen LogP contribution in [0.4, 0.5) is 0 Å². The normalized spacial score (nSPS) is 35.0. The largest absolute Gasteiger partial charge is 0.0993 e. The maximum atomic E-state index is 4.30. The first-order valence-electron chi connectivity index (χ1n) is 6.00. The van der Waals surface area contributed by atoms with Crippen LogP contribution in [0.1, 0.15) is 46.0 Å². The number of hydrogen-bond donors (Lipinski definition) is 0. The van der Waals surface area contributed by atoms with Gasteiger partial charge in [-0.1, -0.05) is 23.8 Å². The van der Waals surface area contributed by atoms with Crippen molar-refractivity contribution in [3.8, 4) is 0 Å². The summed E-state index contributed by atoms with van der Waals surface area (Å²) in [5.41, 5.74) is 3.04. The van der Waals surface area contributed by atoms with E-state index in [0.717, 1.165) is 17.8 Å². The van der Waals surface area contributed by atoms with Crippen molar-refractivity contribution in [3.05, 3.63) is 23.8 Å². The highest BCUT2D eigenvalue weighted by atomic mass is 14.5. The van der Waals surface area contributed by atoms with Crippen molar-refractivity contribution in [3.63, 3.8) is 0 Å². The third-order valence-corrected chi connectivity index (χ3v) is 4.07. The number of fused-ring (bicyclic) bond motifs is 2. The summed E-state index contributed by atoms with van der Waals surface area (Å²) >= 11 is 0. The second-order valence-electron chi connectivity index (χ2n) is 5.31. The standard InChI is InChI=1S/C14H22/c1-10(2)5-4-6-14-11(3)12-7-8-13(14)9-12/h5,12-14H,3-4,6-9H2,1-2H3/t12-,13+,14-/m0/s1. The van der Waals surface area contributed by atoms with E-state index < -0.39 is 0 Å². The van der Waals surface area contributed by atoms with Crippen LogP contribution in [0.2, 0.25) is 0 Å². The molecule has 0 radical (unpaired) electrons. The Morgan fingerprint density at radius 3 is 2.79 bits per heavy atom. The lowest BCUT2D eigenvalue weighted by Gasteiger charge is -2.23. The molecule has 14 heavy (non-hydrogen) atoms. The van der Waals surface area contributed by atoms with Crippen LogP contribution in [0.5, 0.6) is 0 Å². The molecule has 78 valence electrons. The van der Waals surface area contributed by atoms with Gasteiger partial charge in [0.15, 0.2) is 0 Å². The molecule has 2 aliphatic carbocycles. The van der Waals surface area contributed by atoms with Gasteiger partial charge in [0, 0.05) is 0 Å². The monoisotopic (exact) mass is 190 g/mol. The molecule has 0 spiro atoms. The fourth-order valence-electron chi connectivity index (χ4n) is 3.30. The van der Waals surface area contributed by atoms with Crippen molar-refractivity contribution >= 4 is 0 Å². The fraction of sp³-hybridized carbons (Fsp3) is 0.714. The predicted octanol–water partition coefficient (Wildman–Crippen LogP) is 4.34. The van der Waals surface area contributed by atoms with Gasteiger partial charge in [-0.05, 0) is 63.7 Å². The third-order valence-electron chi connectivity index (χ3n) is 4.07. The average molecular weight is 190 g/mol. The minimum absolute atomic E-state index is 0.865. The summed E-state index contributed by atoms with van der Waals surface area (Å²) in [6.07, 6.45) is 9.35. The Morgan fingerprint density at radius 2 is 2.21 bits per heavy atom. The van der Waals surface area contributed by atoms with Crippen LogP contribution in [0.25, 0.3) is 0 Å². The molecule has 0 N–H and O–H groups in total. The third kappa shape index (κ3) is 1.80. The summed E-state index contributed by atoms with van der Waals surface area (Å²) < 4.78 is 0. The van der Waals surface area contributed by atoms with Gasteiger partial charge >= 0.3 is 0 Å². The van der Waals surface area contributed by atoms with E-state index in [9.17, 15) is 0 Å². The van der Waals surface area contributed by atoms with E-state index in [4.69, 9.17) is 0 Å². The second kappa shape index (κ2) is 3.92. The molecule has 0 amide bonds. The quantitative estimate of drug-likeness (QED) is 0.581. The predicted molar refractivity (Wildman–Crippen MR) is 62.1 cm³/mol. The molecule has 3 atom stereocenters. The van der Waals surface area contributed by atoms with E-state index in [2.05, 4.69) is 26.5 Å². The molecular formula is C14H22. The van der Waals surface area contributed by atoms with Crippen molar-refractivity contribution in [2.75, 3.05) is 0 Å². The summed E-state index contributed by atoms with van der Waals surface area (Å²) in [5, 5.41) is 0. The van der Waals surface area contributed by atoms with Gasteiger partial charge in [-0.15, -0.1) is 0 Å². The Labute approximate surface area is 88.1 Å². The molecular weight excluding hydrogens is 168 g/mol. The molecule has 0 nitrogen and oxygen atoms in total. The van der Waals surface area contributed by atoms with Gasteiger partial charge in [-0.25, -0.2) is 0 Å². The smallest absolute Gasteiger partial charge is 0.0172 e. The van der Waals surface area contributed by atoms with Crippen molar-refractivity contribution < 1.29 is 0 Å². The van der Waals surface area contributed by atoms with Gasteiger partial charge in [0.25, 0.3) is 0 Å². The first-order chi connectivity index (χ1) is 6.68. The Kier molecular flexibility index (Phi) is 2.80. The lowest BCUT2D eigenvalue weighted by atomic mass is 9.82. The molecule has 0 saturated heterocycles. The molecule has 0 aromatic carbocycles. The summed E-state index contributed by atoms with van der Waals surface area (Å²) in [6, 6.07) is 0. The fourth-order valence-corrected chi connectivity index (χ4v) is 3.30. The van der Waals surface area contributed by atoms with Gasteiger partial charge in [-0.3, -0.25) is 0 Å². The Bertz CT molecular complexity index is 255. The van der Waals surface area contributed by atoms with Crippen molar-refractivity contribution in [1.29, 1.82) is 0 Å². The molecule has 0 unspecified atom stereocenters. The molecule has 2 rings (SSSR count). The van der Waals surface area contributed by atoms with Gasteiger partial charge in [0.2, 0.25) is 0 Å². The van der Waals surface area contributed by atoms with Gasteiger partial charge in [-0.2, -0.15) is 0 Å². The summed E-state index contributed by atoms with van der Waals surface area (Å²) in [7, 11) is 0. The highest BCUT2D eigenvalue weighted by Gasteiger charge is 2.41. The van der Waals surface area contributed by atoms with Gasteiger partial charge in [0.05, 0.1) is 0 Å². The highest BCUT2D eigenvalue weighted by molar-refractivity contribution is 5.18. The minimum atomic E-state index is 0.865. The van der Waals surface area contributed by atoms with Crippen LogP contribution in [-0.2, 0) is 0 Å². The maximum absolute atomic E-state index is 4.30. The highest BCUT2D eigenvalue weighted by Crippen LogP contribution is 2.52. The van der Waals surface area contributed by atoms with Crippen molar-refractivity contribution in [2.45, 2.75) is 46.0 Å².